The number of H-pyrrole nitrogens is 1. The van der Waals surface area contributed by atoms with Crippen LogP contribution in [-0.2, 0) is 10.0 Å². The normalized spacial score (nSPS) is 21.4. The standard InChI is InChI=1S/C9H16N4O2S/c14-16(15,9-3-5-11-13-9)12-6-2-8-1-4-10-7-8/h3,5,8,10,12H,1-2,4,6-7H2,(H,11,13). The molecule has 0 amide bonds. The van der Waals surface area contributed by atoms with Gasteiger partial charge in [0, 0.05) is 6.54 Å². The van der Waals surface area contributed by atoms with Crippen molar-refractivity contribution in [3.63, 3.8) is 0 Å². The van der Waals surface area contributed by atoms with Gasteiger partial charge in [0.05, 0.1) is 6.20 Å². The third-order valence-electron chi connectivity index (χ3n) is 2.77. The van der Waals surface area contributed by atoms with Gasteiger partial charge >= 0.3 is 0 Å². The summed E-state index contributed by atoms with van der Waals surface area (Å²) in [4.78, 5) is 0. The van der Waals surface area contributed by atoms with Gasteiger partial charge in [-0.15, -0.1) is 0 Å². The van der Waals surface area contributed by atoms with Crippen LogP contribution < -0.4 is 10.0 Å². The first kappa shape index (κ1) is 11.6. The largest absolute Gasteiger partial charge is 0.316 e. The monoisotopic (exact) mass is 244 g/mol. The maximum Gasteiger partial charge on any atom is 0.257 e. The minimum absolute atomic E-state index is 0.122. The molecule has 0 aliphatic carbocycles. The molecule has 1 aromatic rings. The second kappa shape index (κ2) is 4.94. The van der Waals surface area contributed by atoms with Crippen LogP contribution in [-0.4, -0.2) is 38.2 Å². The Hall–Kier alpha value is -0.920. The summed E-state index contributed by atoms with van der Waals surface area (Å²) in [5.74, 6) is 0.587. The van der Waals surface area contributed by atoms with Crippen molar-refractivity contribution in [3.8, 4) is 0 Å². The molecule has 0 spiro atoms. The van der Waals surface area contributed by atoms with E-state index in [1.54, 1.807) is 0 Å². The summed E-state index contributed by atoms with van der Waals surface area (Å²) in [6, 6.07) is 1.44. The first-order chi connectivity index (χ1) is 7.68. The number of nitrogens with one attached hydrogen (secondary N) is 3. The number of aromatic nitrogens is 2. The molecule has 0 saturated carbocycles. The third kappa shape index (κ3) is 2.81. The van der Waals surface area contributed by atoms with E-state index in [2.05, 4.69) is 20.2 Å². The second-order valence-corrected chi connectivity index (χ2v) is 5.70. The zero-order chi connectivity index (χ0) is 11.4. The molecule has 2 heterocycles. The summed E-state index contributed by atoms with van der Waals surface area (Å²) in [7, 11) is -3.40. The number of aromatic amines is 1. The van der Waals surface area contributed by atoms with Gasteiger partial charge in [-0.2, -0.15) is 5.10 Å². The van der Waals surface area contributed by atoms with E-state index >= 15 is 0 Å². The van der Waals surface area contributed by atoms with Gasteiger partial charge in [-0.3, -0.25) is 5.10 Å². The van der Waals surface area contributed by atoms with Gasteiger partial charge in [0.2, 0.25) is 0 Å². The van der Waals surface area contributed by atoms with Crippen molar-refractivity contribution in [3.05, 3.63) is 12.3 Å². The molecule has 0 radical (unpaired) electrons. The van der Waals surface area contributed by atoms with Crippen LogP contribution >= 0.6 is 0 Å². The molecule has 1 aliphatic heterocycles. The Morgan fingerprint density at radius 3 is 3.06 bits per heavy atom. The van der Waals surface area contributed by atoms with Crippen molar-refractivity contribution in [2.24, 2.45) is 5.92 Å². The topological polar surface area (TPSA) is 86.9 Å². The third-order valence-corrected chi connectivity index (χ3v) is 4.16. The van der Waals surface area contributed by atoms with E-state index in [4.69, 9.17) is 0 Å². The quantitative estimate of drug-likeness (QED) is 0.663. The highest BCUT2D eigenvalue weighted by atomic mass is 32.2. The predicted molar refractivity (Wildman–Crippen MR) is 59.4 cm³/mol. The minimum atomic E-state index is -3.40. The Kier molecular flexibility index (Phi) is 3.57. The Morgan fingerprint density at radius 2 is 2.44 bits per heavy atom. The Labute approximate surface area is 94.9 Å². The van der Waals surface area contributed by atoms with Crippen molar-refractivity contribution < 1.29 is 8.42 Å². The Balaban J connectivity index is 1.81. The van der Waals surface area contributed by atoms with Crippen molar-refractivity contribution in [2.45, 2.75) is 17.9 Å². The van der Waals surface area contributed by atoms with Crippen LogP contribution in [0.3, 0.4) is 0 Å². The highest BCUT2D eigenvalue weighted by Crippen LogP contribution is 2.11. The lowest BCUT2D eigenvalue weighted by atomic mass is 10.1. The molecule has 7 heteroatoms. The molecule has 1 aromatic heterocycles. The molecule has 1 fully saturated rings. The molecule has 1 unspecified atom stereocenters. The van der Waals surface area contributed by atoms with Gasteiger partial charge in [-0.05, 0) is 37.9 Å². The first-order valence-corrected chi connectivity index (χ1v) is 6.86. The van der Waals surface area contributed by atoms with E-state index < -0.39 is 10.0 Å². The summed E-state index contributed by atoms with van der Waals surface area (Å²) >= 11 is 0. The maximum absolute atomic E-state index is 11.7. The van der Waals surface area contributed by atoms with Crippen LogP contribution in [0.15, 0.2) is 17.3 Å². The minimum Gasteiger partial charge on any atom is -0.316 e. The van der Waals surface area contributed by atoms with E-state index in [1.807, 2.05) is 0 Å². The summed E-state index contributed by atoms with van der Waals surface area (Å²) in [6.07, 6.45) is 3.43. The average Bonchev–Trinajstić information content (AvgIpc) is 2.90. The number of rotatable bonds is 5. The summed E-state index contributed by atoms with van der Waals surface area (Å²) in [6.45, 7) is 2.51. The van der Waals surface area contributed by atoms with E-state index in [-0.39, 0.29) is 5.03 Å². The van der Waals surface area contributed by atoms with E-state index in [1.165, 1.54) is 12.3 Å². The lowest BCUT2D eigenvalue weighted by Crippen LogP contribution is -2.27. The van der Waals surface area contributed by atoms with Crippen molar-refractivity contribution in [1.29, 1.82) is 0 Å². The maximum atomic E-state index is 11.7. The average molecular weight is 244 g/mol. The molecule has 2 rings (SSSR count). The van der Waals surface area contributed by atoms with Gasteiger partial charge in [0.25, 0.3) is 10.0 Å². The van der Waals surface area contributed by atoms with Crippen LogP contribution in [0.2, 0.25) is 0 Å². The van der Waals surface area contributed by atoms with Gasteiger partial charge in [-0.1, -0.05) is 0 Å². The fourth-order valence-corrected chi connectivity index (χ4v) is 2.78. The second-order valence-electron chi connectivity index (χ2n) is 3.97. The van der Waals surface area contributed by atoms with Crippen LogP contribution in [0.5, 0.6) is 0 Å². The molecule has 0 bridgehead atoms. The lowest BCUT2D eigenvalue weighted by Gasteiger charge is -2.08. The number of hydrogen-bond acceptors (Lipinski definition) is 4. The molecule has 1 aliphatic rings. The molecule has 0 aromatic carbocycles. The van der Waals surface area contributed by atoms with Gasteiger partial charge < -0.3 is 5.32 Å². The van der Waals surface area contributed by atoms with Crippen molar-refractivity contribution >= 4 is 10.0 Å². The van der Waals surface area contributed by atoms with Crippen LogP contribution in [0, 0.1) is 5.92 Å². The van der Waals surface area contributed by atoms with Gasteiger partial charge in [-0.25, -0.2) is 13.1 Å². The van der Waals surface area contributed by atoms with Crippen LogP contribution in [0.25, 0.3) is 0 Å². The van der Waals surface area contributed by atoms with Crippen LogP contribution in [0.1, 0.15) is 12.8 Å². The molecule has 90 valence electrons. The fraction of sp³-hybridized carbons (Fsp3) is 0.667. The van der Waals surface area contributed by atoms with E-state index in [0.717, 1.165) is 25.9 Å². The molecule has 16 heavy (non-hydrogen) atoms. The summed E-state index contributed by atoms with van der Waals surface area (Å²) in [5, 5.41) is 9.44. The smallest absolute Gasteiger partial charge is 0.257 e. The summed E-state index contributed by atoms with van der Waals surface area (Å²) in [5.41, 5.74) is 0. The number of nitrogens with zero attached hydrogens (tertiary/aromatic N) is 1. The molecule has 1 atom stereocenters. The molecular weight excluding hydrogens is 228 g/mol. The molecule has 1 saturated heterocycles. The first-order valence-electron chi connectivity index (χ1n) is 5.38. The zero-order valence-electron chi connectivity index (χ0n) is 8.94. The molecule has 6 nitrogen and oxygen atoms in total. The van der Waals surface area contributed by atoms with Crippen molar-refractivity contribution in [2.75, 3.05) is 19.6 Å². The lowest BCUT2D eigenvalue weighted by molar-refractivity contribution is 0.518. The fourth-order valence-electron chi connectivity index (χ4n) is 1.83. The summed E-state index contributed by atoms with van der Waals surface area (Å²) < 4.78 is 25.9. The Morgan fingerprint density at radius 1 is 1.56 bits per heavy atom. The van der Waals surface area contributed by atoms with Crippen LogP contribution in [0.4, 0.5) is 0 Å². The van der Waals surface area contributed by atoms with Gasteiger partial charge in [0.15, 0.2) is 5.03 Å². The Bertz CT molecular complexity index is 409. The SMILES string of the molecule is O=S(=O)(NCCC1CCNC1)c1ccn[nH]1. The molecular formula is C9H16N4O2S. The predicted octanol–water partition coefficient (Wildman–Crippen LogP) is -0.312. The number of sulfonamides is 1. The highest BCUT2D eigenvalue weighted by molar-refractivity contribution is 7.89. The molecule has 3 N–H and O–H groups in total. The highest BCUT2D eigenvalue weighted by Gasteiger charge is 2.17. The zero-order valence-corrected chi connectivity index (χ0v) is 9.76. The number of hydrogen-bond donors (Lipinski definition) is 3. The van der Waals surface area contributed by atoms with E-state index in [9.17, 15) is 8.42 Å². The van der Waals surface area contributed by atoms with Crippen molar-refractivity contribution in [1.82, 2.24) is 20.2 Å². The van der Waals surface area contributed by atoms with Gasteiger partial charge in [0.1, 0.15) is 0 Å². The van der Waals surface area contributed by atoms with E-state index in [0.29, 0.717) is 12.5 Å².